The summed E-state index contributed by atoms with van der Waals surface area (Å²) in [6.45, 7) is 3.75. The predicted octanol–water partition coefficient (Wildman–Crippen LogP) is 1.37. The second-order valence-corrected chi connectivity index (χ2v) is 4.48. The first-order valence-corrected chi connectivity index (χ1v) is 5.77. The Balaban J connectivity index is 2.61. The number of nitrogens with one attached hydrogen (secondary N) is 1. The molecular formula is C13H19FN2O2. The van der Waals surface area contributed by atoms with Crippen LogP contribution >= 0.6 is 0 Å². The van der Waals surface area contributed by atoms with Gasteiger partial charge in [-0.3, -0.25) is 4.79 Å². The molecular weight excluding hydrogens is 235 g/mol. The van der Waals surface area contributed by atoms with E-state index in [0.717, 1.165) is 5.56 Å². The molecule has 0 aliphatic carbocycles. The Kier molecular flexibility index (Phi) is 4.67. The van der Waals surface area contributed by atoms with Crippen LogP contribution in [-0.2, 0) is 4.79 Å². The average Bonchev–Trinajstić information content (AvgIpc) is 2.33. The Labute approximate surface area is 106 Å². The number of likely N-dealkylation sites (N-methyl/N-ethyl adjacent to an activating group) is 1. The van der Waals surface area contributed by atoms with E-state index >= 15 is 0 Å². The van der Waals surface area contributed by atoms with Crippen molar-refractivity contribution >= 4 is 5.91 Å². The van der Waals surface area contributed by atoms with Gasteiger partial charge in [0, 0.05) is 6.42 Å². The molecule has 1 amide bonds. The van der Waals surface area contributed by atoms with E-state index in [-0.39, 0.29) is 12.4 Å². The summed E-state index contributed by atoms with van der Waals surface area (Å²) in [7, 11) is 1.65. The summed E-state index contributed by atoms with van der Waals surface area (Å²) in [6, 6.07) is 4.65. The molecule has 0 aliphatic rings. The number of amides is 1. The van der Waals surface area contributed by atoms with Gasteiger partial charge in [-0.2, -0.15) is 0 Å². The smallest absolute Gasteiger partial charge is 0.237 e. The van der Waals surface area contributed by atoms with Crippen LogP contribution in [0.3, 0.4) is 0 Å². The maximum atomic E-state index is 13.4. The number of primary amides is 1. The Morgan fingerprint density at radius 2 is 2.22 bits per heavy atom. The van der Waals surface area contributed by atoms with E-state index in [9.17, 15) is 9.18 Å². The number of hydrogen-bond donors (Lipinski definition) is 2. The molecule has 1 aromatic carbocycles. The first-order chi connectivity index (χ1) is 8.39. The molecule has 18 heavy (non-hydrogen) atoms. The number of carbonyl (C=O) groups excluding carboxylic acids is 1. The maximum Gasteiger partial charge on any atom is 0.237 e. The highest BCUT2D eigenvalue weighted by Gasteiger charge is 2.28. The fourth-order valence-electron chi connectivity index (χ4n) is 1.46. The molecule has 1 atom stereocenters. The van der Waals surface area contributed by atoms with Crippen LogP contribution in [-0.4, -0.2) is 25.1 Å². The lowest BCUT2D eigenvalue weighted by molar-refractivity contribution is -0.124. The molecule has 3 N–H and O–H groups in total. The van der Waals surface area contributed by atoms with Gasteiger partial charge < -0.3 is 15.8 Å². The summed E-state index contributed by atoms with van der Waals surface area (Å²) < 4.78 is 18.7. The third-order valence-electron chi connectivity index (χ3n) is 3.04. The second-order valence-electron chi connectivity index (χ2n) is 4.48. The minimum atomic E-state index is -0.847. The maximum absolute atomic E-state index is 13.4. The normalized spacial score (nSPS) is 14.0. The molecule has 4 nitrogen and oxygen atoms in total. The van der Waals surface area contributed by atoms with Crippen LogP contribution in [0.2, 0.25) is 0 Å². The van der Waals surface area contributed by atoms with E-state index in [4.69, 9.17) is 10.5 Å². The molecule has 1 rings (SSSR count). The summed E-state index contributed by atoms with van der Waals surface area (Å²) in [5.74, 6) is -0.679. The van der Waals surface area contributed by atoms with Crippen LogP contribution in [0.15, 0.2) is 18.2 Å². The topological polar surface area (TPSA) is 64.3 Å². The van der Waals surface area contributed by atoms with Crippen LogP contribution in [0.5, 0.6) is 5.75 Å². The van der Waals surface area contributed by atoms with Crippen molar-refractivity contribution in [2.75, 3.05) is 13.7 Å². The number of hydrogen-bond acceptors (Lipinski definition) is 3. The largest absolute Gasteiger partial charge is 0.490 e. The Bertz CT molecular complexity index is 437. The molecule has 1 unspecified atom stereocenters. The average molecular weight is 254 g/mol. The van der Waals surface area contributed by atoms with Gasteiger partial charge in [0.1, 0.15) is 0 Å². The van der Waals surface area contributed by atoms with Gasteiger partial charge in [-0.1, -0.05) is 6.07 Å². The number of nitrogens with two attached hydrogens (primary N) is 1. The summed E-state index contributed by atoms with van der Waals surface area (Å²) >= 11 is 0. The van der Waals surface area contributed by atoms with Gasteiger partial charge in [0.25, 0.3) is 0 Å². The number of halogens is 1. The highest BCUT2D eigenvalue weighted by atomic mass is 19.1. The minimum absolute atomic E-state index is 0.193. The molecule has 0 radical (unpaired) electrons. The SMILES string of the molecule is CNC(C)(CCOc1cc(C)ccc1F)C(N)=O. The van der Waals surface area contributed by atoms with Gasteiger partial charge in [0.2, 0.25) is 5.91 Å². The second kappa shape index (κ2) is 5.82. The van der Waals surface area contributed by atoms with Crippen molar-refractivity contribution in [2.24, 2.45) is 5.73 Å². The molecule has 5 heteroatoms. The highest BCUT2D eigenvalue weighted by molar-refractivity contribution is 5.84. The van der Waals surface area contributed by atoms with Crippen molar-refractivity contribution in [3.63, 3.8) is 0 Å². The van der Waals surface area contributed by atoms with Crippen molar-refractivity contribution in [1.29, 1.82) is 0 Å². The van der Waals surface area contributed by atoms with Crippen LogP contribution < -0.4 is 15.8 Å². The third-order valence-corrected chi connectivity index (χ3v) is 3.04. The number of ether oxygens (including phenoxy) is 1. The number of aryl methyl sites for hydroxylation is 1. The number of carbonyl (C=O) groups is 1. The van der Waals surface area contributed by atoms with E-state index in [1.807, 2.05) is 6.92 Å². The summed E-state index contributed by atoms with van der Waals surface area (Å²) in [5.41, 5.74) is 5.35. The Morgan fingerprint density at radius 3 is 2.78 bits per heavy atom. The van der Waals surface area contributed by atoms with Gasteiger partial charge in [-0.25, -0.2) is 4.39 Å². The quantitative estimate of drug-likeness (QED) is 0.805. The predicted molar refractivity (Wildman–Crippen MR) is 67.9 cm³/mol. The monoisotopic (exact) mass is 254 g/mol. The van der Waals surface area contributed by atoms with Gasteiger partial charge in [-0.15, -0.1) is 0 Å². The van der Waals surface area contributed by atoms with E-state index < -0.39 is 17.3 Å². The molecule has 0 aliphatic heterocycles. The zero-order chi connectivity index (χ0) is 13.8. The molecule has 0 aromatic heterocycles. The zero-order valence-corrected chi connectivity index (χ0v) is 10.9. The first kappa shape index (κ1) is 14.4. The number of rotatable bonds is 6. The Morgan fingerprint density at radius 1 is 1.56 bits per heavy atom. The van der Waals surface area contributed by atoms with Gasteiger partial charge in [0.15, 0.2) is 11.6 Å². The van der Waals surface area contributed by atoms with Crippen LogP contribution in [0.4, 0.5) is 4.39 Å². The van der Waals surface area contributed by atoms with E-state index in [1.165, 1.54) is 6.07 Å². The fraction of sp³-hybridized carbons (Fsp3) is 0.462. The number of benzene rings is 1. The third kappa shape index (κ3) is 3.43. The molecule has 0 fully saturated rings. The molecule has 0 bridgehead atoms. The zero-order valence-electron chi connectivity index (χ0n) is 10.9. The van der Waals surface area contributed by atoms with Crippen LogP contribution in [0.1, 0.15) is 18.9 Å². The van der Waals surface area contributed by atoms with Crippen molar-refractivity contribution in [1.82, 2.24) is 5.32 Å². The van der Waals surface area contributed by atoms with Crippen molar-refractivity contribution in [3.8, 4) is 5.75 Å². The molecule has 0 heterocycles. The van der Waals surface area contributed by atoms with Crippen molar-refractivity contribution in [2.45, 2.75) is 25.8 Å². The standard InChI is InChI=1S/C13H19FN2O2/c1-9-4-5-10(14)11(8-9)18-7-6-13(2,16-3)12(15)17/h4-5,8,16H,6-7H2,1-3H3,(H2,15,17). The molecule has 0 saturated heterocycles. The lowest BCUT2D eigenvalue weighted by atomic mass is 9.98. The Hall–Kier alpha value is -1.62. The van der Waals surface area contributed by atoms with Gasteiger partial charge >= 0.3 is 0 Å². The molecule has 1 aromatic rings. The van der Waals surface area contributed by atoms with Crippen molar-refractivity contribution in [3.05, 3.63) is 29.6 Å². The highest BCUT2D eigenvalue weighted by Crippen LogP contribution is 2.19. The molecule has 100 valence electrons. The fourth-order valence-corrected chi connectivity index (χ4v) is 1.46. The van der Waals surface area contributed by atoms with Crippen molar-refractivity contribution < 1.29 is 13.9 Å². The van der Waals surface area contributed by atoms with Crippen LogP contribution in [0.25, 0.3) is 0 Å². The minimum Gasteiger partial charge on any atom is -0.490 e. The van der Waals surface area contributed by atoms with E-state index in [2.05, 4.69) is 5.32 Å². The van der Waals surface area contributed by atoms with Crippen LogP contribution in [0, 0.1) is 12.7 Å². The molecule has 0 saturated carbocycles. The summed E-state index contributed by atoms with van der Waals surface area (Å²) in [5, 5.41) is 2.84. The molecule has 0 spiro atoms. The van der Waals surface area contributed by atoms with Gasteiger partial charge in [0.05, 0.1) is 12.1 Å². The lowest BCUT2D eigenvalue weighted by Gasteiger charge is -2.25. The summed E-state index contributed by atoms with van der Waals surface area (Å²) in [4.78, 5) is 11.2. The van der Waals surface area contributed by atoms with E-state index in [1.54, 1.807) is 26.1 Å². The lowest BCUT2D eigenvalue weighted by Crippen LogP contribution is -2.52. The summed E-state index contributed by atoms with van der Waals surface area (Å²) in [6.07, 6.45) is 0.367. The van der Waals surface area contributed by atoms with E-state index in [0.29, 0.717) is 6.42 Å². The van der Waals surface area contributed by atoms with Gasteiger partial charge in [-0.05, 0) is 38.6 Å². The first-order valence-electron chi connectivity index (χ1n) is 5.77.